The van der Waals surface area contributed by atoms with Crippen molar-refractivity contribution < 1.29 is 0 Å². The summed E-state index contributed by atoms with van der Waals surface area (Å²) < 4.78 is 1.55. The Labute approximate surface area is 157 Å². The third-order valence-electron chi connectivity index (χ3n) is 4.91. The summed E-state index contributed by atoms with van der Waals surface area (Å²) >= 11 is 0. The Morgan fingerprint density at radius 2 is 1.74 bits per heavy atom. The van der Waals surface area contributed by atoms with Crippen LogP contribution in [0.2, 0.25) is 0 Å². The third-order valence-corrected chi connectivity index (χ3v) is 4.91. The maximum absolute atomic E-state index is 12.4. The first-order valence-corrected chi connectivity index (χ1v) is 9.07. The van der Waals surface area contributed by atoms with Gasteiger partial charge in [0.05, 0.1) is 17.9 Å². The fraction of sp³-hybridized carbons (Fsp3) is 0.238. The zero-order valence-corrected chi connectivity index (χ0v) is 15.2. The van der Waals surface area contributed by atoms with Crippen LogP contribution in [0.5, 0.6) is 0 Å². The number of aromatic nitrogens is 2. The number of fused-ring (bicyclic) bond motifs is 1. The van der Waals surface area contributed by atoms with Crippen LogP contribution in [0.4, 0.5) is 5.82 Å². The molecule has 1 aromatic heterocycles. The van der Waals surface area contributed by atoms with Crippen LogP contribution in [-0.2, 0) is 13.0 Å². The van der Waals surface area contributed by atoms with Gasteiger partial charge in [-0.3, -0.25) is 14.7 Å². The van der Waals surface area contributed by atoms with E-state index in [2.05, 4.69) is 27.3 Å². The van der Waals surface area contributed by atoms with Gasteiger partial charge in [0.15, 0.2) is 0 Å². The molecule has 0 aliphatic carbocycles. The van der Waals surface area contributed by atoms with Crippen LogP contribution in [0, 0.1) is 6.92 Å². The van der Waals surface area contributed by atoms with Crippen molar-refractivity contribution in [3.8, 4) is 5.69 Å². The lowest BCUT2D eigenvalue weighted by atomic mass is 10.1. The van der Waals surface area contributed by atoms with E-state index in [1.807, 2.05) is 49.4 Å². The number of aromatic amines is 1. The van der Waals surface area contributed by atoms with Crippen LogP contribution in [0.3, 0.4) is 0 Å². The van der Waals surface area contributed by atoms with Crippen molar-refractivity contribution in [1.29, 1.82) is 0 Å². The van der Waals surface area contributed by atoms with E-state index >= 15 is 0 Å². The molecule has 2 heterocycles. The normalized spacial score (nSPS) is 13.8. The molecular formula is C21H22N4O2. The summed E-state index contributed by atoms with van der Waals surface area (Å²) in [6.07, 6.45) is 0.910. The molecule has 138 valence electrons. The molecule has 0 radical (unpaired) electrons. The average Bonchev–Trinajstić information content (AvgIpc) is 2.69. The third kappa shape index (κ3) is 3.57. The first-order valence-electron chi connectivity index (χ1n) is 9.07. The molecule has 27 heavy (non-hydrogen) atoms. The number of nitrogens with one attached hydrogen (secondary N) is 2. The SMILES string of the molecule is Cc1ccc(-n2c3c(c(=O)[nH]c2=O)CN(CCc2ccccc2)CN3)cc1. The van der Waals surface area contributed by atoms with E-state index in [1.54, 1.807) is 4.57 Å². The number of rotatable bonds is 4. The summed E-state index contributed by atoms with van der Waals surface area (Å²) in [5, 5.41) is 3.28. The Morgan fingerprint density at radius 3 is 2.48 bits per heavy atom. The van der Waals surface area contributed by atoms with E-state index in [1.165, 1.54) is 5.56 Å². The van der Waals surface area contributed by atoms with Crippen molar-refractivity contribution in [1.82, 2.24) is 14.5 Å². The van der Waals surface area contributed by atoms with Gasteiger partial charge in [0.25, 0.3) is 5.56 Å². The second-order valence-electron chi connectivity index (χ2n) is 6.88. The van der Waals surface area contributed by atoms with Crippen LogP contribution in [-0.4, -0.2) is 27.7 Å². The second-order valence-corrected chi connectivity index (χ2v) is 6.88. The van der Waals surface area contributed by atoms with Gasteiger partial charge in [0.1, 0.15) is 5.82 Å². The largest absolute Gasteiger partial charge is 0.358 e. The van der Waals surface area contributed by atoms with Crippen LogP contribution >= 0.6 is 0 Å². The Bertz CT molecular complexity index is 1050. The number of benzene rings is 2. The number of anilines is 1. The summed E-state index contributed by atoms with van der Waals surface area (Å²) in [7, 11) is 0. The summed E-state index contributed by atoms with van der Waals surface area (Å²) in [6.45, 7) is 3.93. The molecule has 0 amide bonds. The van der Waals surface area contributed by atoms with E-state index in [-0.39, 0.29) is 5.56 Å². The molecular weight excluding hydrogens is 340 g/mol. The van der Waals surface area contributed by atoms with Gasteiger partial charge in [-0.1, -0.05) is 48.0 Å². The minimum atomic E-state index is -0.423. The molecule has 3 aromatic rings. The maximum atomic E-state index is 12.4. The fourth-order valence-corrected chi connectivity index (χ4v) is 3.40. The van der Waals surface area contributed by atoms with Crippen LogP contribution in [0.1, 0.15) is 16.7 Å². The monoisotopic (exact) mass is 362 g/mol. The Balaban J connectivity index is 1.62. The Kier molecular flexibility index (Phi) is 4.64. The Morgan fingerprint density at radius 1 is 1.00 bits per heavy atom. The summed E-state index contributed by atoms with van der Waals surface area (Å²) in [5.41, 5.74) is 2.97. The number of nitrogens with zero attached hydrogens (tertiary/aromatic N) is 2. The van der Waals surface area contributed by atoms with E-state index in [0.29, 0.717) is 24.6 Å². The highest BCUT2D eigenvalue weighted by Crippen LogP contribution is 2.21. The zero-order valence-electron chi connectivity index (χ0n) is 15.2. The first kappa shape index (κ1) is 17.3. The lowest BCUT2D eigenvalue weighted by Gasteiger charge is -2.30. The maximum Gasteiger partial charge on any atom is 0.334 e. The fourth-order valence-electron chi connectivity index (χ4n) is 3.40. The van der Waals surface area contributed by atoms with Crippen LogP contribution < -0.4 is 16.6 Å². The van der Waals surface area contributed by atoms with Gasteiger partial charge < -0.3 is 5.32 Å². The molecule has 0 unspecified atom stereocenters. The highest BCUT2D eigenvalue weighted by atomic mass is 16.2. The molecule has 2 N–H and O–H groups in total. The molecule has 0 spiro atoms. The summed E-state index contributed by atoms with van der Waals surface area (Å²) in [5.74, 6) is 0.587. The average molecular weight is 362 g/mol. The Hall–Kier alpha value is -3.12. The van der Waals surface area contributed by atoms with Gasteiger partial charge in [-0.15, -0.1) is 0 Å². The van der Waals surface area contributed by atoms with E-state index in [4.69, 9.17) is 0 Å². The van der Waals surface area contributed by atoms with Crippen molar-refractivity contribution in [3.05, 3.63) is 92.1 Å². The van der Waals surface area contributed by atoms with Gasteiger partial charge in [-0.05, 0) is 31.0 Å². The number of aryl methyl sites for hydroxylation is 1. The molecule has 0 saturated carbocycles. The standard InChI is InChI=1S/C21H22N4O2/c1-15-7-9-17(10-8-15)25-19-18(20(26)23-21(25)27)13-24(14-22-19)12-11-16-5-3-2-4-6-16/h2-10,22H,11-14H2,1H3,(H,23,26,27). The van der Waals surface area contributed by atoms with E-state index in [0.717, 1.165) is 24.2 Å². The number of hydrogen-bond donors (Lipinski definition) is 2. The van der Waals surface area contributed by atoms with E-state index < -0.39 is 5.69 Å². The van der Waals surface area contributed by atoms with Crippen molar-refractivity contribution in [3.63, 3.8) is 0 Å². The van der Waals surface area contributed by atoms with Crippen LogP contribution in [0.25, 0.3) is 5.69 Å². The molecule has 0 saturated heterocycles. The molecule has 2 aromatic carbocycles. The number of hydrogen-bond acceptors (Lipinski definition) is 4. The van der Waals surface area contributed by atoms with Gasteiger partial charge in [-0.2, -0.15) is 0 Å². The molecule has 1 aliphatic heterocycles. The molecule has 1 aliphatic rings. The van der Waals surface area contributed by atoms with Gasteiger partial charge in [-0.25, -0.2) is 9.36 Å². The van der Waals surface area contributed by atoms with Crippen molar-refractivity contribution in [2.24, 2.45) is 0 Å². The quantitative estimate of drug-likeness (QED) is 0.747. The minimum absolute atomic E-state index is 0.324. The molecule has 0 bridgehead atoms. The molecule has 0 atom stereocenters. The topological polar surface area (TPSA) is 70.1 Å². The highest BCUT2D eigenvalue weighted by molar-refractivity contribution is 5.52. The smallest absolute Gasteiger partial charge is 0.334 e. The minimum Gasteiger partial charge on any atom is -0.358 e. The highest BCUT2D eigenvalue weighted by Gasteiger charge is 2.23. The molecule has 0 fully saturated rings. The van der Waals surface area contributed by atoms with Crippen molar-refractivity contribution >= 4 is 5.82 Å². The van der Waals surface area contributed by atoms with E-state index in [9.17, 15) is 9.59 Å². The predicted octanol–water partition coefficient (Wildman–Crippen LogP) is 2.26. The van der Waals surface area contributed by atoms with Gasteiger partial charge in [0.2, 0.25) is 0 Å². The van der Waals surface area contributed by atoms with Gasteiger partial charge in [0, 0.05) is 13.1 Å². The lowest BCUT2D eigenvalue weighted by molar-refractivity contribution is 0.275. The molecule has 6 nitrogen and oxygen atoms in total. The van der Waals surface area contributed by atoms with Crippen molar-refractivity contribution in [2.75, 3.05) is 18.5 Å². The van der Waals surface area contributed by atoms with Crippen LogP contribution in [0.15, 0.2) is 64.2 Å². The summed E-state index contributed by atoms with van der Waals surface area (Å²) in [4.78, 5) is 29.5. The van der Waals surface area contributed by atoms with Crippen molar-refractivity contribution in [2.45, 2.75) is 19.9 Å². The molecule has 6 heteroatoms. The zero-order chi connectivity index (χ0) is 18.8. The number of H-pyrrole nitrogens is 1. The van der Waals surface area contributed by atoms with Gasteiger partial charge >= 0.3 is 5.69 Å². The predicted molar refractivity (Wildman–Crippen MR) is 106 cm³/mol. The molecule has 4 rings (SSSR count). The summed E-state index contributed by atoms with van der Waals surface area (Å²) in [6, 6.07) is 18.0. The first-order chi connectivity index (χ1) is 13.1. The second kappa shape index (κ2) is 7.25. The lowest BCUT2D eigenvalue weighted by Crippen LogP contribution is -2.43.